The van der Waals surface area contributed by atoms with E-state index in [1.807, 2.05) is 6.92 Å². The van der Waals surface area contributed by atoms with Crippen LogP contribution in [0, 0.1) is 0 Å². The third-order valence-electron chi connectivity index (χ3n) is 3.31. The Balaban J connectivity index is 2.07. The van der Waals surface area contributed by atoms with Crippen LogP contribution in [-0.2, 0) is 11.3 Å². The molecule has 2 rings (SSSR count). The number of benzene rings is 1. The van der Waals surface area contributed by atoms with Crippen LogP contribution in [0.25, 0.3) is 11.0 Å². The molecule has 2 N–H and O–H groups in total. The maximum atomic E-state index is 12.7. The van der Waals surface area contributed by atoms with Gasteiger partial charge >= 0.3 is 6.09 Å². The van der Waals surface area contributed by atoms with Crippen LogP contribution in [0.2, 0.25) is 0 Å². The summed E-state index contributed by atoms with van der Waals surface area (Å²) in [7, 11) is 0. The molecule has 0 saturated heterocycles. The van der Waals surface area contributed by atoms with E-state index in [4.69, 9.17) is 15.0 Å². The molecule has 0 bridgehead atoms. The van der Waals surface area contributed by atoms with E-state index in [2.05, 4.69) is 4.74 Å². The fraction of sp³-hybridized carbons (Fsp3) is 0.375. The van der Waals surface area contributed by atoms with Crippen LogP contribution in [0.4, 0.5) is 9.18 Å². The first-order valence-corrected chi connectivity index (χ1v) is 7.52. The molecule has 0 atom stereocenters. The van der Waals surface area contributed by atoms with Gasteiger partial charge in [-0.05, 0) is 18.6 Å². The second-order valence-corrected chi connectivity index (χ2v) is 5.17. The fourth-order valence-corrected chi connectivity index (χ4v) is 2.03. The average Bonchev–Trinajstić information content (AvgIpc) is 2.88. The van der Waals surface area contributed by atoms with Crippen LogP contribution in [0.3, 0.4) is 0 Å². The lowest BCUT2D eigenvalue weighted by Gasteiger charge is -2.08. The maximum Gasteiger partial charge on any atom is 0.404 e. The summed E-state index contributed by atoms with van der Waals surface area (Å²) < 4.78 is 29.4. The minimum absolute atomic E-state index is 0.107. The van der Waals surface area contributed by atoms with E-state index < -0.39 is 6.09 Å². The number of primary amides is 1. The Morgan fingerprint density at radius 2 is 2.21 bits per heavy atom. The lowest BCUT2D eigenvalue weighted by Crippen LogP contribution is -2.16. The van der Waals surface area contributed by atoms with E-state index in [0.29, 0.717) is 29.6 Å². The van der Waals surface area contributed by atoms with E-state index >= 15 is 0 Å². The van der Waals surface area contributed by atoms with Crippen molar-refractivity contribution in [1.82, 2.24) is 4.74 Å². The summed E-state index contributed by atoms with van der Waals surface area (Å²) in [5.74, 6) is 0.400. The van der Waals surface area contributed by atoms with Crippen LogP contribution < -0.4 is 16.0 Å². The molecule has 0 saturated carbocycles. The van der Waals surface area contributed by atoms with Crippen LogP contribution in [0.5, 0.6) is 5.75 Å². The Morgan fingerprint density at radius 1 is 1.42 bits per heavy atom. The minimum Gasteiger partial charge on any atom is -0.489 e. The highest BCUT2D eigenvalue weighted by molar-refractivity contribution is 5.77. The Bertz CT molecular complexity index is 793. The van der Waals surface area contributed by atoms with Crippen molar-refractivity contribution < 1.29 is 23.2 Å². The maximum absolute atomic E-state index is 12.7. The lowest BCUT2D eigenvalue weighted by molar-refractivity contribution is 0.162. The van der Waals surface area contributed by atoms with Gasteiger partial charge in [0.1, 0.15) is 19.0 Å². The number of fused-ring (bicyclic) bond motifs is 1. The number of halogens is 1. The molecule has 0 aliphatic carbocycles. The highest BCUT2D eigenvalue weighted by atomic mass is 19.1. The van der Waals surface area contributed by atoms with Crippen molar-refractivity contribution in [1.29, 1.82) is 0 Å². The number of hydrogen-bond acceptors (Lipinski definition) is 5. The number of aromatic nitrogens is 1. The molecule has 0 spiro atoms. The standard InChI is InChI=1S/C16H19FN2O5/c1-2-3-6-19-15(20)13-5-4-12(7-14(13)24-19)22-9-11(8-17)10-23-16(18)21/h4-5,7-8H,2-3,6,9-10H2,1H3,(H2,18,21)/b11-8-. The number of ether oxygens (including phenoxy) is 2. The largest absolute Gasteiger partial charge is 0.489 e. The molecule has 1 aromatic heterocycles. The summed E-state index contributed by atoms with van der Waals surface area (Å²) in [6.45, 7) is 2.11. The van der Waals surface area contributed by atoms with Crippen molar-refractivity contribution in [3.8, 4) is 5.75 Å². The van der Waals surface area contributed by atoms with Gasteiger partial charge in [0.2, 0.25) is 0 Å². The zero-order chi connectivity index (χ0) is 17.5. The number of carbonyl (C=O) groups is 1. The molecule has 0 fully saturated rings. The molecular formula is C16H19FN2O5. The van der Waals surface area contributed by atoms with E-state index in [0.717, 1.165) is 12.8 Å². The predicted molar refractivity (Wildman–Crippen MR) is 85.6 cm³/mol. The smallest absolute Gasteiger partial charge is 0.404 e. The van der Waals surface area contributed by atoms with Crippen molar-refractivity contribution in [2.75, 3.05) is 13.2 Å². The normalized spacial score (nSPS) is 11.7. The molecule has 0 aliphatic rings. The molecule has 24 heavy (non-hydrogen) atoms. The van der Waals surface area contributed by atoms with Crippen molar-refractivity contribution in [3.05, 3.63) is 40.5 Å². The summed E-state index contributed by atoms with van der Waals surface area (Å²) in [6, 6.07) is 4.75. The van der Waals surface area contributed by atoms with Gasteiger partial charge in [-0.1, -0.05) is 13.3 Å². The van der Waals surface area contributed by atoms with Gasteiger partial charge in [-0.15, -0.1) is 0 Å². The Morgan fingerprint density at radius 3 is 2.88 bits per heavy atom. The van der Waals surface area contributed by atoms with Gasteiger partial charge in [-0.25, -0.2) is 9.18 Å². The van der Waals surface area contributed by atoms with Crippen LogP contribution in [-0.4, -0.2) is 24.0 Å². The fourth-order valence-electron chi connectivity index (χ4n) is 2.03. The Hall–Kier alpha value is -2.77. The molecule has 1 aromatic carbocycles. The van der Waals surface area contributed by atoms with Crippen molar-refractivity contribution in [2.45, 2.75) is 26.3 Å². The number of rotatable bonds is 8. The highest BCUT2D eigenvalue weighted by Crippen LogP contribution is 2.20. The Labute approximate surface area is 137 Å². The molecule has 1 heterocycles. The molecule has 0 radical (unpaired) electrons. The van der Waals surface area contributed by atoms with Crippen molar-refractivity contribution in [2.24, 2.45) is 5.73 Å². The van der Waals surface area contributed by atoms with Gasteiger partial charge in [0, 0.05) is 11.6 Å². The lowest BCUT2D eigenvalue weighted by atomic mass is 10.2. The molecular weight excluding hydrogens is 319 g/mol. The average molecular weight is 338 g/mol. The molecule has 1 amide bonds. The second kappa shape index (κ2) is 8.19. The van der Waals surface area contributed by atoms with E-state index in [9.17, 15) is 14.0 Å². The zero-order valence-corrected chi connectivity index (χ0v) is 13.3. The minimum atomic E-state index is -0.994. The zero-order valence-electron chi connectivity index (χ0n) is 13.3. The molecule has 7 nitrogen and oxygen atoms in total. The van der Waals surface area contributed by atoms with E-state index in [1.165, 1.54) is 4.74 Å². The summed E-state index contributed by atoms with van der Waals surface area (Å²) in [4.78, 5) is 22.6. The third-order valence-corrected chi connectivity index (χ3v) is 3.31. The summed E-state index contributed by atoms with van der Waals surface area (Å²) in [5.41, 5.74) is 5.13. The van der Waals surface area contributed by atoms with Crippen molar-refractivity contribution >= 4 is 17.1 Å². The first-order chi connectivity index (χ1) is 11.5. The van der Waals surface area contributed by atoms with E-state index in [1.54, 1.807) is 18.2 Å². The number of hydrogen-bond donors (Lipinski definition) is 1. The molecule has 2 aromatic rings. The number of aryl methyl sites for hydroxylation is 1. The molecule has 0 aliphatic heterocycles. The first kappa shape index (κ1) is 17.6. The molecule has 130 valence electrons. The second-order valence-electron chi connectivity index (χ2n) is 5.17. The number of nitrogens with zero attached hydrogens (tertiary/aromatic N) is 1. The predicted octanol–water partition coefficient (Wildman–Crippen LogP) is 2.72. The van der Waals surface area contributed by atoms with Crippen molar-refractivity contribution in [3.63, 3.8) is 0 Å². The van der Waals surface area contributed by atoms with Gasteiger partial charge in [0.05, 0.1) is 18.3 Å². The summed E-state index contributed by atoms with van der Waals surface area (Å²) >= 11 is 0. The van der Waals surface area contributed by atoms with Crippen LogP contribution in [0.1, 0.15) is 19.8 Å². The van der Waals surface area contributed by atoms with Gasteiger partial charge in [-0.2, -0.15) is 4.74 Å². The van der Waals surface area contributed by atoms with Gasteiger partial charge in [-0.3, -0.25) is 4.79 Å². The quantitative estimate of drug-likeness (QED) is 0.798. The monoisotopic (exact) mass is 338 g/mol. The van der Waals surface area contributed by atoms with Crippen LogP contribution >= 0.6 is 0 Å². The van der Waals surface area contributed by atoms with Gasteiger partial charge in [0.25, 0.3) is 5.56 Å². The number of unbranched alkanes of at least 4 members (excludes halogenated alkanes) is 1. The number of amides is 1. The third kappa shape index (κ3) is 4.37. The first-order valence-electron chi connectivity index (χ1n) is 7.52. The van der Waals surface area contributed by atoms with E-state index in [-0.39, 0.29) is 24.3 Å². The highest BCUT2D eigenvalue weighted by Gasteiger charge is 2.11. The summed E-state index contributed by atoms with van der Waals surface area (Å²) in [6.07, 6.45) is 1.09. The van der Waals surface area contributed by atoms with Gasteiger partial charge < -0.3 is 19.7 Å². The number of carbonyl (C=O) groups excluding carboxylic acids is 1. The number of nitrogens with two attached hydrogens (primary N) is 1. The Kier molecular flexibility index (Phi) is 6.00. The SMILES string of the molecule is CCCCn1oc2cc(OC/C(=C/F)COC(N)=O)ccc2c1=O. The molecule has 8 heteroatoms. The van der Waals surface area contributed by atoms with Crippen LogP contribution in [0.15, 0.2) is 39.4 Å². The topological polar surface area (TPSA) is 96.7 Å². The molecule has 0 unspecified atom stereocenters. The summed E-state index contributed by atoms with van der Waals surface area (Å²) in [5, 5.41) is 0.455. The van der Waals surface area contributed by atoms with Gasteiger partial charge in [0.15, 0.2) is 5.58 Å².